The van der Waals surface area contributed by atoms with E-state index in [0.717, 1.165) is 19.5 Å². The number of carbonyl (C=O) groups is 1. The molecule has 1 saturated heterocycles. The summed E-state index contributed by atoms with van der Waals surface area (Å²) < 4.78 is 0. The lowest BCUT2D eigenvalue weighted by molar-refractivity contribution is 0.0690. The number of likely N-dealkylation sites (tertiary alicyclic amines) is 1. The third kappa shape index (κ3) is 2.77. The normalized spacial score (nSPS) is 24.7. The Bertz CT molecular complexity index is 472. The average Bonchev–Trinajstić information content (AvgIpc) is 2.32. The molecule has 1 aliphatic rings. The summed E-state index contributed by atoms with van der Waals surface area (Å²) >= 11 is 3.61. The molecule has 0 bridgehead atoms. The second-order valence-electron chi connectivity index (χ2n) is 4.47. The van der Waals surface area contributed by atoms with E-state index >= 15 is 0 Å². The highest BCUT2D eigenvalue weighted by molar-refractivity contribution is 9.09. The highest BCUT2D eigenvalue weighted by Crippen LogP contribution is 2.24. The number of amides is 1. The third-order valence-electron chi connectivity index (χ3n) is 3.11. The number of H-pyrrole nitrogens is 1. The van der Waals surface area contributed by atoms with Crippen LogP contribution in [0.4, 0.5) is 0 Å². The highest BCUT2D eigenvalue weighted by Gasteiger charge is 2.27. The van der Waals surface area contributed by atoms with Gasteiger partial charge < -0.3 is 9.88 Å². The summed E-state index contributed by atoms with van der Waals surface area (Å²) in [5, 5.41) is 0. The van der Waals surface area contributed by atoms with E-state index in [9.17, 15) is 9.59 Å². The van der Waals surface area contributed by atoms with Gasteiger partial charge in [-0.15, -0.1) is 0 Å². The summed E-state index contributed by atoms with van der Waals surface area (Å²) in [5.41, 5.74) is 0.230. The van der Waals surface area contributed by atoms with Crippen molar-refractivity contribution in [1.82, 2.24) is 9.88 Å². The number of piperidine rings is 1. The molecule has 17 heavy (non-hydrogen) atoms. The number of aromatic amines is 1. The first-order valence-corrected chi connectivity index (χ1v) is 6.61. The lowest BCUT2D eigenvalue weighted by Gasteiger charge is -2.34. The predicted octanol–water partition coefficient (Wildman–Crippen LogP) is 1.62. The maximum absolute atomic E-state index is 12.2. The molecule has 1 aliphatic heterocycles. The molecule has 0 aromatic carbocycles. The molecule has 1 amide bonds. The second-order valence-corrected chi connectivity index (χ2v) is 5.65. The van der Waals surface area contributed by atoms with Crippen LogP contribution in [0.15, 0.2) is 23.1 Å². The Kier molecular flexibility index (Phi) is 3.66. The Balaban J connectivity index is 2.13. The number of carbonyl (C=O) groups excluding carboxylic acids is 1. The molecule has 1 N–H and O–H groups in total. The van der Waals surface area contributed by atoms with Crippen LogP contribution in [0.1, 0.15) is 23.7 Å². The maximum Gasteiger partial charge on any atom is 0.254 e. The minimum Gasteiger partial charge on any atom is -0.338 e. The predicted molar refractivity (Wildman–Crippen MR) is 69.5 cm³/mol. The van der Waals surface area contributed by atoms with Gasteiger partial charge in [-0.05, 0) is 18.4 Å². The largest absolute Gasteiger partial charge is 0.338 e. The van der Waals surface area contributed by atoms with Crippen LogP contribution in [-0.4, -0.2) is 33.7 Å². The van der Waals surface area contributed by atoms with Crippen molar-refractivity contribution in [2.75, 3.05) is 13.1 Å². The van der Waals surface area contributed by atoms with Crippen LogP contribution in [0, 0.1) is 5.92 Å². The Morgan fingerprint density at radius 1 is 1.59 bits per heavy atom. The lowest BCUT2D eigenvalue weighted by atomic mass is 9.99. The molecule has 1 fully saturated rings. The molecular weight excluding hydrogens is 284 g/mol. The van der Waals surface area contributed by atoms with Crippen molar-refractivity contribution in [2.45, 2.75) is 18.2 Å². The van der Waals surface area contributed by atoms with Crippen LogP contribution in [0.5, 0.6) is 0 Å². The van der Waals surface area contributed by atoms with Gasteiger partial charge in [0.15, 0.2) is 0 Å². The van der Waals surface area contributed by atoms with E-state index in [0.29, 0.717) is 16.3 Å². The van der Waals surface area contributed by atoms with Gasteiger partial charge in [0.1, 0.15) is 0 Å². The Morgan fingerprint density at radius 3 is 3.00 bits per heavy atom. The Hall–Kier alpha value is -1.10. The van der Waals surface area contributed by atoms with Crippen LogP contribution in [-0.2, 0) is 0 Å². The molecule has 0 saturated carbocycles. The molecule has 4 nitrogen and oxygen atoms in total. The van der Waals surface area contributed by atoms with Crippen molar-refractivity contribution < 1.29 is 4.79 Å². The van der Waals surface area contributed by atoms with Gasteiger partial charge >= 0.3 is 0 Å². The first-order chi connectivity index (χ1) is 8.08. The molecule has 0 radical (unpaired) electrons. The third-order valence-corrected chi connectivity index (χ3v) is 4.47. The van der Waals surface area contributed by atoms with Gasteiger partial charge in [0.2, 0.25) is 5.56 Å². The number of halogens is 1. The average molecular weight is 299 g/mol. The number of aromatic nitrogens is 1. The van der Waals surface area contributed by atoms with Gasteiger partial charge in [-0.2, -0.15) is 0 Å². The quantitative estimate of drug-likeness (QED) is 0.801. The van der Waals surface area contributed by atoms with E-state index in [2.05, 4.69) is 27.8 Å². The number of nitrogens with one attached hydrogen (secondary N) is 1. The van der Waals surface area contributed by atoms with Gasteiger partial charge in [0, 0.05) is 35.7 Å². The van der Waals surface area contributed by atoms with Gasteiger partial charge in [-0.25, -0.2) is 0 Å². The van der Waals surface area contributed by atoms with Crippen LogP contribution >= 0.6 is 15.9 Å². The zero-order chi connectivity index (χ0) is 12.4. The van der Waals surface area contributed by atoms with E-state index in [1.165, 1.54) is 12.3 Å². The Morgan fingerprint density at radius 2 is 2.35 bits per heavy atom. The van der Waals surface area contributed by atoms with Crippen molar-refractivity contribution in [1.29, 1.82) is 0 Å². The van der Waals surface area contributed by atoms with E-state index in [-0.39, 0.29) is 11.5 Å². The summed E-state index contributed by atoms with van der Waals surface area (Å²) in [6.07, 6.45) is 2.46. The topological polar surface area (TPSA) is 53.2 Å². The standard InChI is InChI=1S/C12H15BrN2O2/c1-8-7-15(5-3-10(8)13)12(17)9-2-4-14-11(16)6-9/h2,4,6,8,10H,3,5,7H2,1H3,(H,14,16). The number of alkyl halides is 1. The van der Waals surface area contributed by atoms with Crippen LogP contribution < -0.4 is 5.56 Å². The molecule has 1 aromatic rings. The number of hydrogen-bond acceptors (Lipinski definition) is 2. The summed E-state index contributed by atoms with van der Waals surface area (Å²) in [6, 6.07) is 3.00. The maximum atomic E-state index is 12.2. The molecule has 0 spiro atoms. The fourth-order valence-electron chi connectivity index (χ4n) is 2.06. The van der Waals surface area contributed by atoms with E-state index in [1.807, 2.05) is 4.90 Å². The number of nitrogens with zero attached hydrogens (tertiary/aromatic N) is 1. The van der Waals surface area contributed by atoms with Gasteiger partial charge in [0.25, 0.3) is 5.91 Å². The molecule has 5 heteroatoms. The molecule has 2 atom stereocenters. The van der Waals surface area contributed by atoms with Crippen LogP contribution in [0.2, 0.25) is 0 Å². The summed E-state index contributed by atoms with van der Waals surface area (Å²) in [5.74, 6) is 0.386. The molecule has 2 unspecified atom stereocenters. The van der Waals surface area contributed by atoms with Gasteiger partial charge in [-0.3, -0.25) is 9.59 Å². The van der Waals surface area contributed by atoms with Crippen molar-refractivity contribution in [2.24, 2.45) is 5.92 Å². The molecule has 0 aliphatic carbocycles. The number of hydrogen-bond donors (Lipinski definition) is 1. The smallest absolute Gasteiger partial charge is 0.254 e. The zero-order valence-electron chi connectivity index (χ0n) is 9.65. The second kappa shape index (κ2) is 5.04. The SMILES string of the molecule is CC1CN(C(=O)c2cc[nH]c(=O)c2)CCC1Br. The van der Waals surface area contributed by atoms with Crippen molar-refractivity contribution in [3.8, 4) is 0 Å². The van der Waals surface area contributed by atoms with Crippen molar-refractivity contribution in [3.63, 3.8) is 0 Å². The minimum atomic E-state index is -0.237. The monoisotopic (exact) mass is 298 g/mol. The molecule has 1 aromatic heterocycles. The first-order valence-electron chi connectivity index (χ1n) is 5.70. The van der Waals surface area contributed by atoms with E-state index < -0.39 is 0 Å². The zero-order valence-corrected chi connectivity index (χ0v) is 11.2. The number of rotatable bonds is 1. The highest BCUT2D eigenvalue weighted by atomic mass is 79.9. The Labute approximate surface area is 108 Å². The summed E-state index contributed by atoms with van der Waals surface area (Å²) in [4.78, 5) is 28.1. The van der Waals surface area contributed by atoms with E-state index in [4.69, 9.17) is 0 Å². The summed E-state index contributed by atoms with van der Waals surface area (Å²) in [6.45, 7) is 3.60. The molecule has 2 rings (SSSR count). The fourth-order valence-corrected chi connectivity index (χ4v) is 2.43. The van der Waals surface area contributed by atoms with Crippen LogP contribution in [0.25, 0.3) is 0 Å². The van der Waals surface area contributed by atoms with Gasteiger partial charge in [0.05, 0.1) is 0 Å². The molecular formula is C12H15BrN2O2. The first kappa shape index (κ1) is 12.4. The van der Waals surface area contributed by atoms with Gasteiger partial charge in [-0.1, -0.05) is 22.9 Å². The summed E-state index contributed by atoms with van der Waals surface area (Å²) in [7, 11) is 0. The minimum absolute atomic E-state index is 0.0534. The fraction of sp³-hybridized carbons (Fsp3) is 0.500. The van der Waals surface area contributed by atoms with Crippen LogP contribution in [0.3, 0.4) is 0 Å². The van der Waals surface area contributed by atoms with Crippen molar-refractivity contribution in [3.05, 3.63) is 34.2 Å². The molecule has 2 heterocycles. The lowest BCUT2D eigenvalue weighted by Crippen LogP contribution is -2.43. The van der Waals surface area contributed by atoms with E-state index in [1.54, 1.807) is 6.07 Å². The van der Waals surface area contributed by atoms with Crippen molar-refractivity contribution >= 4 is 21.8 Å². The number of pyridine rings is 1. The molecule has 92 valence electrons.